The molecule has 4 rings (SSSR count). The summed E-state index contributed by atoms with van der Waals surface area (Å²) in [5.74, 6) is 0. The van der Waals surface area contributed by atoms with Crippen LogP contribution in [0.15, 0.2) is 67.0 Å². The summed E-state index contributed by atoms with van der Waals surface area (Å²) in [6.45, 7) is 3.41. The summed E-state index contributed by atoms with van der Waals surface area (Å²) in [5, 5.41) is 0. The molecule has 1 atom stereocenters. The Balaban J connectivity index is 1.63. The molecule has 140 valence electrons. The van der Waals surface area contributed by atoms with Gasteiger partial charge in [0.25, 0.3) is 0 Å². The van der Waals surface area contributed by atoms with Gasteiger partial charge in [-0.2, -0.15) is 13.2 Å². The van der Waals surface area contributed by atoms with E-state index in [1.807, 2.05) is 37.4 Å². The van der Waals surface area contributed by atoms with Gasteiger partial charge in [0.1, 0.15) is 0 Å². The van der Waals surface area contributed by atoms with E-state index >= 15 is 0 Å². The van der Waals surface area contributed by atoms with Crippen molar-refractivity contribution in [2.75, 3.05) is 18.1 Å². The van der Waals surface area contributed by atoms with Gasteiger partial charge >= 0.3 is 6.18 Å². The van der Waals surface area contributed by atoms with Gasteiger partial charge in [-0.3, -0.25) is 0 Å². The fraction of sp³-hybridized carbons (Fsp3) is 0.238. The van der Waals surface area contributed by atoms with Crippen LogP contribution in [0, 0.1) is 6.92 Å². The number of halogens is 3. The van der Waals surface area contributed by atoms with Crippen LogP contribution >= 0.6 is 0 Å². The molecule has 6 heteroatoms. The molecule has 0 spiro atoms. The number of rotatable bonds is 3. The minimum Gasteiger partial charge on any atom is -0.352 e. The zero-order chi connectivity index (χ0) is 19.0. The average molecular weight is 372 g/mol. The van der Waals surface area contributed by atoms with Crippen molar-refractivity contribution in [2.45, 2.75) is 19.3 Å². The van der Waals surface area contributed by atoms with Crippen molar-refractivity contribution >= 4 is 5.69 Å². The Morgan fingerprint density at radius 2 is 1.78 bits per heavy atom. The van der Waals surface area contributed by atoms with Crippen LogP contribution in [0.25, 0.3) is 5.69 Å². The number of ether oxygens (including phenoxy) is 1. The van der Waals surface area contributed by atoms with E-state index in [1.165, 1.54) is 11.6 Å². The van der Waals surface area contributed by atoms with Crippen molar-refractivity contribution < 1.29 is 17.9 Å². The molecule has 1 unspecified atom stereocenters. The van der Waals surface area contributed by atoms with E-state index in [0.717, 1.165) is 29.9 Å². The Hall–Kier alpha value is -2.73. The molecule has 0 aliphatic carbocycles. The maximum atomic E-state index is 13.0. The summed E-state index contributed by atoms with van der Waals surface area (Å²) in [6, 6.07) is 15.4. The molecule has 3 aromatic rings. The third-order valence-electron chi connectivity index (χ3n) is 4.70. The van der Waals surface area contributed by atoms with E-state index in [-0.39, 0.29) is 6.23 Å². The van der Waals surface area contributed by atoms with Crippen molar-refractivity contribution in [1.82, 2.24) is 4.57 Å². The fourth-order valence-corrected chi connectivity index (χ4v) is 3.38. The smallest absolute Gasteiger partial charge is 0.352 e. The predicted octanol–water partition coefficient (Wildman–Crippen LogP) is 5.34. The van der Waals surface area contributed by atoms with Crippen LogP contribution in [0.1, 0.15) is 22.9 Å². The van der Waals surface area contributed by atoms with E-state index in [9.17, 15) is 13.2 Å². The van der Waals surface area contributed by atoms with Gasteiger partial charge in [0.05, 0.1) is 12.2 Å². The number of alkyl halides is 3. The second kappa shape index (κ2) is 6.78. The van der Waals surface area contributed by atoms with E-state index in [0.29, 0.717) is 12.3 Å². The van der Waals surface area contributed by atoms with E-state index in [4.69, 9.17) is 4.74 Å². The van der Waals surface area contributed by atoms with E-state index < -0.39 is 11.7 Å². The van der Waals surface area contributed by atoms with Crippen LogP contribution in [-0.2, 0) is 10.9 Å². The lowest BCUT2D eigenvalue weighted by molar-refractivity contribution is -0.137. The van der Waals surface area contributed by atoms with Gasteiger partial charge in [0.15, 0.2) is 6.23 Å². The van der Waals surface area contributed by atoms with Crippen LogP contribution in [0.5, 0.6) is 0 Å². The highest BCUT2D eigenvalue weighted by Gasteiger charge is 2.31. The maximum absolute atomic E-state index is 13.0. The van der Waals surface area contributed by atoms with Gasteiger partial charge in [-0.05, 0) is 48.9 Å². The molecule has 1 saturated heterocycles. The molecule has 1 aromatic heterocycles. The summed E-state index contributed by atoms with van der Waals surface area (Å²) in [7, 11) is 0. The minimum absolute atomic E-state index is 0.251. The Kier molecular flexibility index (Phi) is 4.44. The molecule has 1 aliphatic heterocycles. The first-order valence-corrected chi connectivity index (χ1v) is 8.72. The maximum Gasteiger partial charge on any atom is 0.416 e. The number of nitrogens with zero attached hydrogens (tertiary/aromatic N) is 2. The Morgan fingerprint density at radius 3 is 2.56 bits per heavy atom. The lowest BCUT2D eigenvalue weighted by atomic mass is 10.2. The first-order chi connectivity index (χ1) is 12.9. The molecule has 0 N–H and O–H groups in total. The summed E-state index contributed by atoms with van der Waals surface area (Å²) >= 11 is 0. The third kappa shape index (κ3) is 3.57. The van der Waals surface area contributed by atoms with Crippen molar-refractivity contribution in [3.05, 3.63) is 83.7 Å². The molecule has 0 amide bonds. The van der Waals surface area contributed by atoms with Crippen molar-refractivity contribution in [3.8, 4) is 5.69 Å². The molecule has 27 heavy (non-hydrogen) atoms. The molecule has 0 saturated carbocycles. The fourth-order valence-electron chi connectivity index (χ4n) is 3.38. The van der Waals surface area contributed by atoms with Crippen LogP contribution in [-0.4, -0.2) is 17.7 Å². The number of aromatic nitrogens is 1. The number of anilines is 1. The summed E-state index contributed by atoms with van der Waals surface area (Å²) in [6.07, 6.45) is -1.02. The largest absolute Gasteiger partial charge is 0.416 e. The first-order valence-electron chi connectivity index (χ1n) is 8.72. The number of hydrogen-bond acceptors (Lipinski definition) is 2. The molecule has 0 radical (unpaired) electrons. The van der Waals surface area contributed by atoms with Gasteiger partial charge in [0.2, 0.25) is 0 Å². The van der Waals surface area contributed by atoms with E-state index in [1.54, 1.807) is 16.8 Å². The topological polar surface area (TPSA) is 17.4 Å². The zero-order valence-electron chi connectivity index (χ0n) is 14.8. The van der Waals surface area contributed by atoms with Gasteiger partial charge in [0, 0.05) is 35.9 Å². The van der Waals surface area contributed by atoms with Gasteiger partial charge in [-0.1, -0.05) is 18.2 Å². The second-order valence-corrected chi connectivity index (χ2v) is 6.66. The molecule has 0 bridgehead atoms. The van der Waals surface area contributed by atoms with Gasteiger partial charge < -0.3 is 14.2 Å². The molecule has 2 heterocycles. The van der Waals surface area contributed by atoms with Crippen LogP contribution in [0.4, 0.5) is 18.9 Å². The predicted molar refractivity (Wildman–Crippen MR) is 98.0 cm³/mol. The van der Waals surface area contributed by atoms with Gasteiger partial charge in [-0.25, -0.2) is 0 Å². The molecule has 3 nitrogen and oxygen atoms in total. The second-order valence-electron chi connectivity index (χ2n) is 6.66. The third-order valence-corrected chi connectivity index (χ3v) is 4.70. The highest BCUT2D eigenvalue weighted by atomic mass is 19.4. The SMILES string of the molecule is Cc1cccc(N2CCOC2c2ccn(-c3cccc(C(F)(F)F)c3)c2)c1. The van der Waals surface area contributed by atoms with Crippen molar-refractivity contribution in [2.24, 2.45) is 0 Å². The van der Waals surface area contributed by atoms with Gasteiger partial charge in [-0.15, -0.1) is 0 Å². The highest BCUT2D eigenvalue weighted by Crippen LogP contribution is 2.34. The lowest BCUT2D eigenvalue weighted by Crippen LogP contribution is -2.23. The van der Waals surface area contributed by atoms with Crippen molar-refractivity contribution in [1.29, 1.82) is 0 Å². The van der Waals surface area contributed by atoms with Crippen LogP contribution < -0.4 is 4.90 Å². The minimum atomic E-state index is -4.36. The average Bonchev–Trinajstić information content (AvgIpc) is 3.30. The lowest BCUT2D eigenvalue weighted by Gasteiger charge is -2.25. The molecular formula is C21H19F3N2O. The molecule has 1 aliphatic rings. The number of aryl methyl sites for hydroxylation is 1. The monoisotopic (exact) mass is 372 g/mol. The van der Waals surface area contributed by atoms with Crippen LogP contribution in [0.3, 0.4) is 0 Å². The molecule has 2 aromatic carbocycles. The highest BCUT2D eigenvalue weighted by molar-refractivity contribution is 5.51. The molecule has 1 fully saturated rings. The quantitative estimate of drug-likeness (QED) is 0.617. The number of benzene rings is 2. The Bertz CT molecular complexity index is 948. The summed E-state index contributed by atoms with van der Waals surface area (Å²) in [5.41, 5.74) is 2.96. The molecular weight excluding hydrogens is 353 g/mol. The van der Waals surface area contributed by atoms with E-state index in [2.05, 4.69) is 11.0 Å². The Morgan fingerprint density at radius 1 is 1.00 bits per heavy atom. The Labute approximate surface area is 155 Å². The standard InChI is InChI=1S/C21H19F3N2O/c1-15-4-2-7-19(12-15)26-10-11-27-20(26)16-8-9-25(14-16)18-6-3-5-17(13-18)21(22,23)24/h2-9,12-14,20H,10-11H2,1H3. The first kappa shape index (κ1) is 17.7. The van der Waals surface area contributed by atoms with Crippen LogP contribution in [0.2, 0.25) is 0 Å². The summed E-state index contributed by atoms with van der Waals surface area (Å²) in [4.78, 5) is 2.17. The summed E-state index contributed by atoms with van der Waals surface area (Å²) < 4.78 is 46.5. The number of hydrogen-bond donors (Lipinski definition) is 0. The normalized spacial score (nSPS) is 17.5. The van der Waals surface area contributed by atoms with Crippen molar-refractivity contribution in [3.63, 3.8) is 0 Å². The zero-order valence-corrected chi connectivity index (χ0v) is 14.8.